The number of halogens is 1. The van der Waals surface area contributed by atoms with Crippen molar-refractivity contribution in [3.63, 3.8) is 0 Å². The van der Waals surface area contributed by atoms with Crippen molar-refractivity contribution in [1.82, 2.24) is 5.32 Å². The lowest BCUT2D eigenvalue weighted by Crippen LogP contribution is -2.39. The van der Waals surface area contributed by atoms with Crippen molar-refractivity contribution < 1.29 is 13.9 Å². The number of carbonyl (C=O) groups excluding carboxylic acids is 1. The third-order valence-corrected chi connectivity index (χ3v) is 4.03. The first kappa shape index (κ1) is 18.0. The van der Waals surface area contributed by atoms with E-state index in [1.807, 2.05) is 39.8 Å². The number of amides is 1. The second kappa shape index (κ2) is 7.95. The normalized spacial score (nSPS) is 13.2. The number of aryl methyl sites for hydroxylation is 2. The summed E-state index contributed by atoms with van der Waals surface area (Å²) >= 11 is 0. The molecule has 1 N–H and O–H groups in total. The molecule has 0 radical (unpaired) electrons. The standard InChI is InChI=1S/C20H24FNO2/c1-5-18(24-19-9-7-6-8-17(19)21)20(23)22-15(4)16-12-13(2)10-11-14(16)3/h6-12,15,18H,5H2,1-4H3,(H,22,23). The number of hydrogen-bond donors (Lipinski definition) is 1. The Bertz CT molecular complexity index is 715. The molecule has 0 bridgehead atoms. The van der Waals surface area contributed by atoms with Crippen LogP contribution in [0.15, 0.2) is 42.5 Å². The summed E-state index contributed by atoms with van der Waals surface area (Å²) < 4.78 is 19.3. The van der Waals surface area contributed by atoms with Crippen LogP contribution in [0.4, 0.5) is 4.39 Å². The molecule has 2 aromatic carbocycles. The molecular formula is C20H24FNO2. The van der Waals surface area contributed by atoms with E-state index in [-0.39, 0.29) is 17.7 Å². The van der Waals surface area contributed by atoms with E-state index in [2.05, 4.69) is 11.4 Å². The summed E-state index contributed by atoms with van der Waals surface area (Å²) in [5.41, 5.74) is 3.34. The third-order valence-electron chi connectivity index (χ3n) is 4.03. The van der Waals surface area contributed by atoms with Crippen LogP contribution in [0, 0.1) is 19.7 Å². The molecule has 0 spiro atoms. The Morgan fingerprint density at radius 2 is 1.92 bits per heavy atom. The predicted octanol–water partition coefficient (Wildman–Crippen LogP) is 4.48. The summed E-state index contributed by atoms with van der Waals surface area (Å²) in [7, 11) is 0. The molecule has 0 heterocycles. The Labute approximate surface area is 142 Å². The molecule has 0 aromatic heterocycles. The maximum Gasteiger partial charge on any atom is 0.261 e. The molecule has 0 aliphatic carbocycles. The fourth-order valence-electron chi connectivity index (χ4n) is 2.63. The Hall–Kier alpha value is -2.36. The van der Waals surface area contributed by atoms with Gasteiger partial charge in [-0.25, -0.2) is 4.39 Å². The first-order valence-corrected chi connectivity index (χ1v) is 8.21. The molecule has 2 unspecified atom stereocenters. The summed E-state index contributed by atoms with van der Waals surface area (Å²) in [6, 6.07) is 12.1. The summed E-state index contributed by atoms with van der Waals surface area (Å²) in [5, 5.41) is 2.97. The van der Waals surface area contributed by atoms with Crippen molar-refractivity contribution in [2.24, 2.45) is 0 Å². The highest BCUT2D eigenvalue weighted by Gasteiger charge is 2.22. The van der Waals surface area contributed by atoms with Gasteiger partial charge in [0.15, 0.2) is 17.7 Å². The quantitative estimate of drug-likeness (QED) is 0.849. The molecule has 128 valence electrons. The van der Waals surface area contributed by atoms with Crippen molar-refractivity contribution in [1.29, 1.82) is 0 Å². The highest BCUT2D eigenvalue weighted by Crippen LogP contribution is 2.21. The molecule has 2 rings (SSSR count). The number of carbonyl (C=O) groups is 1. The molecule has 0 fully saturated rings. The van der Waals surface area contributed by atoms with Gasteiger partial charge in [0.2, 0.25) is 0 Å². The molecule has 24 heavy (non-hydrogen) atoms. The van der Waals surface area contributed by atoms with Crippen LogP contribution < -0.4 is 10.1 Å². The Kier molecular flexibility index (Phi) is 5.96. The maximum atomic E-state index is 13.7. The van der Waals surface area contributed by atoms with Gasteiger partial charge in [-0.2, -0.15) is 0 Å². The monoisotopic (exact) mass is 329 g/mol. The largest absolute Gasteiger partial charge is 0.478 e. The molecule has 4 heteroatoms. The number of nitrogens with one attached hydrogen (secondary N) is 1. The zero-order chi connectivity index (χ0) is 17.7. The van der Waals surface area contributed by atoms with Crippen molar-refractivity contribution in [2.75, 3.05) is 0 Å². The summed E-state index contributed by atoms with van der Waals surface area (Å²) in [6.45, 7) is 7.82. The van der Waals surface area contributed by atoms with Crippen LogP contribution in [-0.2, 0) is 4.79 Å². The van der Waals surface area contributed by atoms with Crippen molar-refractivity contribution >= 4 is 5.91 Å². The molecule has 0 saturated carbocycles. The lowest BCUT2D eigenvalue weighted by atomic mass is 10.00. The predicted molar refractivity (Wildman–Crippen MR) is 93.6 cm³/mol. The van der Waals surface area contributed by atoms with E-state index in [4.69, 9.17) is 4.74 Å². The van der Waals surface area contributed by atoms with Crippen molar-refractivity contribution in [3.8, 4) is 5.75 Å². The Balaban J connectivity index is 2.09. The van der Waals surface area contributed by atoms with Gasteiger partial charge in [-0.3, -0.25) is 4.79 Å². The summed E-state index contributed by atoms with van der Waals surface area (Å²) in [4.78, 5) is 12.5. The first-order chi connectivity index (χ1) is 11.4. The maximum absolute atomic E-state index is 13.7. The van der Waals surface area contributed by atoms with E-state index in [0.29, 0.717) is 6.42 Å². The van der Waals surface area contributed by atoms with Gasteiger partial charge in [0.25, 0.3) is 5.91 Å². The third kappa shape index (κ3) is 4.34. The topological polar surface area (TPSA) is 38.3 Å². The van der Waals surface area contributed by atoms with E-state index in [0.717, 1.165) is 16.7 Å². The minimum atomic E-state index is -0.727. The van der Waals surface area contributed by atoms with Crippen molar-refractivity contribution in [3.05, 3.63) is 65.0 Å². The van der Waals surface area contributed by atoms with Gasteiger partial charge >= 0.3 is 0 Å². The molecule has 0 aliphatic heterocycles. The fourth-order valence-corrected chi connectivity index (χ4v) is 2.63. The van der Waals surface area contributed by atoms with Crippen LogP contribution in [0.3, 0.4) is 0 Å². The van der Waals surface area contributed by atoms with Gasteiger partial charge in [-0.1, -0.05) is 42.8 Å². The summed E-state index contributed by atoms with van der Waals surface area (Å²) in [6.07, 6.45) is -0.269. The van der Waals surface area contributed by atoms with Gasteiger partial charge in [0.05, 0.1) is 6.04 Å². The van der Waals surface area contributed by atoms with Gasteiger partial charge in [-0.15, -0.1) is 0 Å². The highest BCUT2D eigenvalue weighted by molar-refractivity contribution is 5.81. The molecule has 0 aliphatic rings. The van der Waals surface area contributed by atoms with Crippen molar-refractivity contribution in [2.45, 2.75) is 46.3 Å². The second-order valence-electron chi connectivity index (χ2n) is 6.04. The number of rotatable bonds is 6. The minimum Gasteiger partial charge on any atom is -0.478 e. The van der Waals surface area contributed by atoms with E-state index < -0.39 is 11.9 Å². The molecule has 0 saturated heterocycles. The Morgan fingerprint density at radius 3 is 2.58 bits per heavy atom. The average molecular weight is 329 g/mol. The zero-order valence-electron chi connectivity index (χ0n) is 14.6. The van der Waals surface area contributed by atoms with Crippen LogP contribution >= 0.6 is 0 Å². The lowest BCUT2D eigenvalue weighted by Gasteiger charge is -2.22. The number of hydrogen-bond acceptors (Lipinski definition) is 2. The Morgan fingerprint density at radius 1 is 1.21 bits per heavy atom. The zero-order valence-corrected chi connectivity index (χ0v) is 14.6. The summed E-state index contributed by atoms with van der Waals surface area (Å²) in [5.74, 6) is -0.612. The van der Waals surface area contributed by atoms with E-state index in [1.165, 1.54) is 12.1 Å². The van der Waals surface area contributed by atoms with E-state index in [1.54, 1.807) is 12.1 Å². The van der Waals surface area contributed by atoms with Gasteiger partial charge in [0.1, 0.15) is 0 Å². The molecule has 3 nitrogen and oxygen atoms in total. The van der Waals surface area contributed by atoms with Crippen LogP contribution in [-0.4, -0.2) is 12.0 Å². The number of para-hydroxylation sites is 1. The van der Waals surface area contributed by atoms with Crippen LogP contribution in [0.5, 0.6) is 5.75 Å². The number of benzene rings is 2. The average Bonchev–Trinajstić information content (AvgIpc) is 2.56. The fraction of sp³-hybridized carbons (Fsp3) is 0.350. The van der Waals surface area contributed by atoms with Gasteiger partial charge < -0.3 is 10.1 Å². The highest BCUT2D eigenvalue weighted by atomic mass is 19.1. The molecule has 2 atom stereocenters. The minimum absolute atomic E-state index is 0.0962. The lowest BCUT2D eigenvalue weighted by molar-refractivity contribution is -0.128. The second-order valence-corrected chi connectivity index (χ2v) is 6.04. The van der Waals surface area contributed by atoms with Gasteiger partial charge in [-0.05, 0) is 50.5 Å². The SMILES string of the molecule is CCC(Oc1ccccc1F)C(=O)NC(C)c1cc(C)ccc1C. The van der Waals surface area contributed by atoms with Crippen LogP contribution in [0.2, 0.25) is 0 Å². The van der Waals surface area contributed by atoms with E-state index in [9.17, 15) is 9.18 Å². The van der Waals surface area contributed by atoms with Crippen LogP contribution in [0.1, 0.15) is 43.0 Å². The molecular weight excluding hydrogens is 305 g/mol. The molecule has 2 aromatic rings. The van der Waals surface area contributed by atoms with E-state index >= 15 is 0 Å². The smallest absolute Gasteiger partial charge is 0.261 e. The number of ether oxygens (including phenoxy) is 1. The molecule has 1 amide bonds. The van der Waals surface area contributed by atoms with Crippen LogP contribution in [0.25, 0.3) is 0 Å². The first-order valence-electron chi connectivity index (χ1n) is 8.21. The van der Waals surface area contributed by atoms with Gasteiger partial charge in [0, 0.05) is 0 Å².